The largest absolute Gasteiger partial charge is 0.313 e. The van der Waals surface area contributed by atoms with Crippen molar-refractivity contribution in [1.29, 1.82) is 0 Å². The molecular formula is C13H18N2. The van der Waals surface area contributed by atoms with Gasteiger partial charge in [-0.2, -0.15) is 0 Å². The van der Waals surface area contributed by atoms with E-state index >= 15 is 0 Å². The average Bonchev–Trinajstić information content (AvgIpc) is 2.54. The number of likely N-dealkylation sites (tertiary alicyclic amines) is 1. The third-order valence-corrected chi connectivity index (χ3v) is 4.00. The summed E-state index contributed by atoms with van der Waals surface area (Å²) in [5, 5.41) is 3.44. The molecule has 1 aromatic rings. The summed E-state index contributed by atoms with van der Waals surface area (Å²) >= 11 is 0. The van der Waals surface area contributed by atoms with Crippen LogP contribution in [0.3, 0.4) is 0 Å². The molecule has 0 amide bonds. The molecule has 1 saturated heterocycles. The number of likely N-dealkylation sites (N-methyl/N-ethyl adjacent to an activating group) is 1. The molecule has 0 aromatic heterocycles. The quantitative estimate of drug-likeness (QED) is 0.743. The van der Waals surface area contributed by atoms with Gasteiger partial charge in [0.05, 0.1) is 0 Å². The van der Waals surface area contributed by atoms with Crippen molar-refractivity contribution in [3.05, 3.63) is 35.4 Å². The van der Waals surface area contributed by atoms with E-state index in [0.717, 1.165) is 0 Å². The van der Waals surface area contributed by atoms with E-state index in [1.54, 1.807) is 5.56 Å². The van der Waals surface area contributed by atoms with Crippen molar-refractivity contribution in [3.63, 3.8) is 0 Å². The summed E-state index contributed by atoms with van der Waals surface area (Å²) < 4.78 is 0. The third kappa shape index (κ3) is 1.18. The molecule has 3 rings (SSSR count). The molecule has 1 aliphatic carbocycles. The van der Waals surface area contributed by atoms with Crippen LogP contribution in [0.1, 0.15) is 23.6 Å². The van der Waals surface area contributed by atoms with Gasteiger partial charge in [0.2, 0.25) is 0 Å². The summed E-state index contributed by atoms with van der Waals surface area (Å²) in [7, 11) is 4.28. The van der Waals surface area contributed by atoms with Gasteiger partial charge in [0.15, 0.2) is 0 Å². The molecule has 15 heavy (non-hydrogen) atoms. The van der Waals surface area contributed by atoms with Crippen LogP contribution in [0.15, 0.2) is 24.3 Å². The number of hydrogen-bond acceptors (Lipinski definition) is 2. The highest BCUT2D eigenvalue weighted by molar-refractivity contribution is 5.44. The van der Waals surface area contributed by atoms with Crippen LogP contribution >= 0.6 is 0 Å². The SMILES string of the molecule is CNC1CC2(CN(C)C2)c2ccccc21. The van der Waals surface area contributed by atoms with Gasteiger partial charge < -0.3 is 10.2 Å². The smallest absolute Gasteiger partial charge is 0.0329 e. The van der Waals surface area contributed by atoms with Gasteiger partial charge in [0.1, 0.15) is 0 Å². The molecule has 0 saturated carbocycles. The number of nitrogens with one attached hydrogen (secondary N) is 1. The third-order valence-electron chi connectivity index (χ3n) is 4.00. The van der Waals surface area contributed by atoms with Gasteiger partial charge in [0.25, 0.3) is 0 Å². The second kappa shape index (κ2) is 3.06. The summed E-state index contributed by atoms with van der Waals surface area (Å²) in [6.07, 6.45) is 1.27. The maximum absolute atomic E-state index is 3.44. The predicted octanol–water partition coefficient (Wildman–Crippen LogP) is 1.53. The first-order chi connectivity index (χ1) is 7.25. The van der Waals surface area contributed by atoms with Crippen molar-refractivity contribution in [2.75, 3.05) is 27.2 Å². The fraction of sp³-hybridized carbons (Fsp3) is 0.538. The minimum absolute atomic E-state index is 0.457. The molecule has 2 aliphatic rings. The highest BCUT2D eigenvalue weighted by atomic mass is 15.2. The lowest BCUT2D eigenvalue weighted by Gasteiger charge is -2.47. The Kier molecular flexibility index (Phi) is 1.91. The van der Waals surface area contributed by atoms with E-state index in [4.69, 9.17) is 0 Å². The fourth-order valence-electron chi connectivity index (χ4n) is 3.44. The summed E-state index contributed by atoms with van der Waals surface area (Å²) in [4.78, 5) is 2.41. The fourth-order valence-corrected chi connectivity index (χ4v) is 3.44. The van der Waals surface area contributed by atoms with Gasteiger partial charge in [-0.1, -0.05) is 24.3 Å². The second-order valence-corrected chi connectivity index (χ2v) is 5.09. The number of nitrogens with zero attached hydrogens (tertiary/aromatic N) is 1. The second-order valence-electron chi connectivity index (χ2n) is 5.09. The summed E-state index contributed by atoms with van der Waals surface area (Å²) in [5.74, 6) is 0. The van der Waals surface area contributed by atoms with E-state index < -0.39 is 0 Å². The molecule has 1 heterocycles. The monoisotopic (exact) mass is 202 g/mol. The molecule has 1 N–H and O–H groups in total. The van der Waals surface area contributed by atoms with Crippen molar-refractivity contribution >= 4 is 0 Å². The Labute approximate surface area is 91.3 Å². The van der Waals surface area contributed by atoms with Crippen LogP contribution in [0.25, 0.3) is 0 Å². The molecule has 80 valence electrons. The lowest BCUT2D eigenvalue weighted by molar-refractivity contribution is 0.0884. The van der Waals surface area contributed by atoms with Crippen molar-refractivity contribution in [3.8, 4) is 0 Å². The molecule has 2 nitrogen and oxygen atoms in total. The van der Waals surface area contributed by atoms with Crippen LogP contribution in [0, 0.1) is 0 Å². The summed E-state index contributed by atoms with van der Waals surface area (Å²) in [6, 6.07) is 9.50. The molecule has 1 fully saturated rings. The van der Waals surface area contributed by atoms with Gasteiger partial charge in [-0.25, -0.2) is 0 Å². The first-order valence-corrected chi connectivity index (χ1v) is 5.70. The Morgan fingerprint density at radius 3 is 2.73 bits per heavy atom. The molecular weight excluding hydrogens is 184 g/mol. The minimum Gasteiger partial charge on any atom is -0.313 e. The number of fused-ring (bicyclic) bond motifs is 2. The van der Waals surface area contributed by atoms with Crippen LogP contribution in [0.4, 0.5) is 0 Å². The summed E-state index contributed by atoms with van der Waals surface area (Å²) in [5.41, 5.74) is 3.56. The lowest BCUT2D eigenvalue weighted by Crippen LogP contribution is -2.56. The Morgan fingerprint density at radius 2 is 2.07 bits per heavy atom. The molecule has 0 bridgehead atoms. The van der Waals surface area contributed by atoms with Gasteiger partial charge in [-0.05, 0) is 31.6 Å². The van der Waals surface area contributed by atoms with Crippen LogP contribution in [-0.4, -0.2) is 32.1 Å². The van der Waals surface area contributed by atoms with Crippen molar-refractivity contribution in [2.45, 2.75) is 17.9 Å². The number of hydrogen-bond donors (Lipinski definition) is 1. The van der Waals surface area contributed by atoms with Crippen molar-refractivity contribution in [2.24, 2.45) is 0 Å². The van der Waals surface area contributed by atoms with Crippen LogP contribution in [0.2, 0.25) is 0 Å². The van der Waals surface area contributed by atoms with Gasteiger partial charge in [-0.3, -0.25) is 0 Å². The van der Waals surface area contributed by atoms with E-state index in [-0.39, 0.29) is 0 Å². The molecule has 1 atom stereocenters. The van der Waals surface area contributed by atoms with Gasteiger partial charge in [0, 0.05) is 24.5 Å². The maximum atomic E-state index is 3.44. The minimum atomic E-state index is 0.457. The molecule has 1 spiro atoms. The van der Waals surface area contributed by atoms with Gasteiger partial charge in [-0.15, -0.1) is 0 Å². The Bertz CT molecular complexity index is 380. The maximum Gasteiger partial charge on any atom is 0.0329 e. The Hall–Kier alpha value is -0.860. The molecule has 1 aliphatic heterocycles. The average molecular weight is 202 g/mol. The predicted molar refractivity (Wildman–Crippen MR) is 62.0 cm³/mol. The molecule has 0 radical (unpaired) electrons. The van der Waals surface area contributed by atoms with E-state index in [1.165, 1.54) is 25.1 Å². The first-order valence-electron chi connectivity index (χ1n) is 5.70. The zero-order valence-electron chi connectivity index (χ0n) is 9.46. The van der Waals surface area contributed by atoms with E-state index in [9.17, 15) is 0 Å². The van der Waals surface area contributed by atoms with E-state index in [1.807, 2.05) is 0 Å². The van der Waals surface area contributed by atoms with Crippen LogP contribution < -0.4 is 5.32 Å². The zero-order chi connectivity index (χ0) is 10.5. The van der Waals surface area contributed by atoms with E-state index in [0.29, 0.717) is 11.5 Å². The Balaban J connectivity index is 2.03. The van der Waals surface area contributed by atoms with Crippen molar-refractivity contribution in [1.82, 2.24) is 10.2 Å². The number of rotatable bonds is 1. The normalized spacial score (nSPS) is 27.7. The zero-order valence-corrected chi connectivity index (χ0v) is 9.46. The highest BCUT2D eigenvalue weighted by Gasteiger charge is 2.49. The molecule has 1 unspecified atom stereocenters. The first kappa shape index (κ1) is 9.37. The van der Waals surface area contributed by atoms with Crippen LogP contribution in [0.5, 0.6) is 0 Å². The summed E-state index contributed by atoms with van der Waals surface area (Å²) in [6.45, 7) is 2.45. The Morgan fingerprint density at radius 1 is 1.33 bits per heavy atom. The number of benzene rings is 1. The van der Waals surface area contributed by atoms with E-state index in [2.05, 4.69) is 48.6 Å². The standard InChI is InChI=1S/C13H18N2/c1-14-12-7-13(8-15(2)9-13)11-6-4-3-5-10(11)12/h3-6,12,14H,7-9H2,1-2H3. The molecule has 1 aromatic carbocycles. The highest BCUT2D eigenvalue weighted by Crippen LogP contribution is 2.49. The molecule has 2 heteroatoms. The van der Waals surface area contributed by atoms with Gasteiger partial charge >= 0.3 is 0 Å². The topological polar surface area (TPSA) is 15.3 Å². The van der Waals surface area contributed by atoms with Crippen molar-refractivity contribution < 1.29 is 0 Å². The lowest BCUT2D eigenvalue weighted by atomic mass is 9.75. The van der Waals surface area contributed by atoms with Crippen LogP contribution in [-0.2, 0) is 5.41 Å².